The first-order valence-electron chi connectivity index (χ1n) is 10.1. The van der Waals surface area contributed by atoms with Gasteiger partial charge in [0.2, 0.25) is 0 Å². The second-order valence-corrected chi connectivity index (χ2v) is 7.31. The third kappa shape index (κ3) is 4.10. The van der Waals surface area contributed by atoms with Gasteiger partial charge >= 0.3 is 0 Å². The average Bonchev–Trinajstić information content (AvgIpc) is 2.77. The van der Waals surface area contributed by atoms with Gasteiger partial charge in [-0.25, -0.2) is 9.37 Å². The molecule has 3 aromatic carbocycles. The van der Waals surface area contributed by atoms with Gasteiger partial charge in [-0.2, -0.15) is 0 Å². The first-order valence-corrected chi connectivity index (χ1v) is 10.1. The summed E-state index contributed by atoms with van der Waals surface area (Å²) in [5.74, 6) is 0.0956. The van der Waals surface area contributed by atoms with Crippen molar-refractivity contribution in [2.75, 3.05) is 6.54 Å². The number of hydrogen-bond acceptors (Lipinski definition) is 3. The molecule has 0 aliphatic heterocycles. The number of carbonyl (C=O) groups excluding carboxylic acids is 1. The molecular formula is C25H22FN3O2. The monoisotopic (exact) mass is 415 g/mol. The van der Waals surface area contributed by atoms with Crippen LogP contribution in [0.3, 0.4) is 0 Å². The number of amides is 1. The highest BCUT2D eigenvalue weighted by atomic mass is 19.1. The Kier molecular flexibility index (Phi) is 5.62. The van der Waals surface area contributed by atoms with E-state index in [4.69, 9.17) is 0 Å². The molecular weight excluding hydrogens is 393 g/mol. The molecule has 0 N–H and O–H groups in total. The number of nitrogens with zero attached hydrogens (tertiary/aromatic N) is 3. The largest absolute Gasteiger partial charge is 0.335 e. The zero-order chi connectivity index (χ0) is 22.0. The summed E-state index contributed by atoms with van der Waals surface area (Å²) in [6.07, 6.45) is 0. The van der Waals surface area contributed by atoms with E-state index in [0.717, 1.165) is 5.56 Å². The summed E-state index contributed by atoms with van der Waals surface area (Å²) in [6.45, 7) is 4.48. The highest BCUT2D eigenvalue weighted by Crippen LogP contribution is 2.16. The van der Waals surface area contributed by atoms with Gasteiger partial charge in [-0.3, -0.25) is 14.2 Å². The maximum atomic E-state index is 13.5. The van der Waals surface area contributed by atoms with Crippen LogP contribution in [-0.4, -0.2) is 26.9 Å². The standard InChI is InChI=1S/C25H22FN3O2/c1-3-28(16-18-7-6-8-20(26)15-18)24(30)19-11-13-21(14-12-19)29-17(2)27-23-10-5-4-9-22(23)25(29)31/h4-15H,3,16H2,1-2H3. The Bertz CT molecular complexity index is 1310. The Hall–Kier alpha value is -3.80. The van der Waals surface area contributed by atoms with E-state index in [9.17, 15) is 14.0 Å². The van der Waals surface area contributed by atoms with Crippen molar-refractivity contribution in [1.29, 1.82) is 0 Å². The fourth-order valence-corrected chi connectivity index (χ4v) is 3.67. The fourth-order valence-electron chi connectivity index (χ4n) is 3.67. The third-order valence-corrected chi connectivity index (χ3v) is 5.25. The summed E-state index contributed by atoms with van der Waals surface area (Å²) in [5, 5.41) is 0.542. The summed E-state index contributed by atoms with van der Waals surface area (Å²) in [4.78, 5) is 32.1. The van der Waals surface area contributed by atoms with Crippen LogP contribution in [0.25, 0.3) is 16.6 Å². The summed E-state index contributed by atoms with van der Waals surface area (Å²) < 4.78 is 15.0. The van der Waals surface area contributed by atoms with Crippen molar-refractivity contribution in [2.45, 2.75) is 20.4 Å². The van der Waals surface area contributed by atoms with Gasteiger partial charge in [0, 0.05) is 18.7 Å². The van der Waals surface area contributed by atoms with Crippen molar-refractivity contribution < 1.29 is 9.18 Å². The molecule has 31 heavy (non-hydrogen) atoms. The lowest BCUT2D eigenvalue weighted by molar-refractivity contribution is 0.0752. The number of hydrogen-bond donors (Lipinski definition) is 0. The van der Waals surface area contributed by atoms with E-state index in [1.165, 1.54) is 12.1 Å². The van der Waals surface area contributed by atoms with Gasteiger partial charge in [0.05, 0.1) is 16.6 Å². The van der Waals surface area contributed by atoms with Gasteiger partial charge in [-0.15, -0.1) is 0 Å². The Labute approximate surface area is 179 Å². The van der Waals surface area contributed by atoms with Crippen LogP contribution in [0.5, 0.6) is 0 Å². The molecule has 156 valence electrons. The highest BCUT2D eigenvalue weighted by molar-refractivity contribution is 5.94. The maximum Gasteiger partial charge on any atom is 0.265 e. The molecule has 0 atom stereocenters. The minimum Gasteiger partial charge on any atom is -0.335 e. The molecule has 1 aromatic heterocycles. The Morgan fingerprint density at radius 2 is 1.77 bits per heavy atom. The van der Waals surface area contributed by atoms with Crippen molar-refractivity contribution in [1.82, 2.24) is 14.5 Å². The van der Waals surface area contributed by atoms with E-state index in [1.54, 1.807) is 58.9 Å². The third-order valence-electron chi connectivity index (χ3n) is 5.25. The molecule has 0 bridgehead atoms. The predicted octanol–water partition coefficient (Wildman–Crippen LogP) is 4.50. The number of benzene rings is 3. The van der Waals surface area contributed by atoms with Crippen LogP contribution in [0.1, 0.15) is 28.7 Å². The number of aromatic nitrogens is 2. The maximum absolute atomic E-state index is 13.5. The zero-order valence-electron chi connectivity index (χ0n) is 17.4. The smallest absolute Gasteiger partial charge is 0.265 e. The molecule has 1 heterocycles. The summed E-state index contributed by atoms with van der Waals surface area (Å²) in [6, 6.07) is 20.4. The number of halogens is 1. The molecule has 4 rings (SSSR count). The number of fused-ring (bicyclic) bond motifs is 1. The molecule has 0 aliphatic rings. The van der Waals surface area contributed by atoms with Gasteiger partial charge in [0.15, 0.2) is 0 Å². The van der Waals surface area contributed by atoms with Gasteiger partial charge in [0.1, 0.15) is 11.6 Å². The predicted molar refractivity (Wildman–Crippen MR) is 119 cm³/mol. The van der Waals surface area contributed by atoms with Gasteiger partial charge in [-0.05, 0) is 67.9 Å². The number of para-hydroxylation sites is 1. The van der Waals surface area contributed by atoms with Crippen molar-refractivity contribution in [3.63, 3.8) is 0 Å². The topological polar surface area (TPSA) is 55.2 Å². The van der Waals surface area contributed by atoms with E-state index in [0.29, 0.717) is 41.1 Å². The average molecular weight is 415 g/mol. The normalized spacial score (nSPS) is 10.9. The molecule has 0 spiro atoms. The molecule has 0 unspecified atom stereocenters. The van der Waals surface area contributed by atoms with Crippen molar-refractivity contribution in [3.8, 4) is 5.69 Å². The van der Waals surface area contributed by atoms with Crippen molar-refractivity contribution >= 4 is 16.8 Å². The lowest BCUT2D eigenvalue weighted by atomic mass is 10.1. The SMILES string of the molecule is CCN(Cc1cccc(F)c1)C(=O)c1ccc(-n2c(C)nc3ccccc3c2=O)cc1. The second kappa shape index (κ2) is 8.52. The number of rotatable bonds is 5. The van der Waals surface area contributed by atoms with E-state index in [2.05, 4.69) is 4.98 Å². The summed E-state index contributed by atoms with van der Waals surface area (Å²) >= 11 is 0. The molecule has 1 amide bonds. The van der Waals surface area contributed by atoms with E-state index < -0.39 is 0 Å². The van der Waals surface area contributed by atoms with Crippen LogP contribution in [-0.2, 0) is 6.54 Å². The van der Waals surface area contributed by atoms with E-state index in [-0.39, 0.29) is 17.3 Å². The number of aryl methyl sites for hydroxylation is 1. The van der Waals surface area contributed by atoms with Crippen LogP contribution in [0.15, 0.2) is 77.6 Å². The molecule has 6 heteroatoms. The molecule has 0 fully saturated rings. The van der Waals surface area contributed by atoms with Gasteiger partial charge in [-0.1, -0.05) is 24.3 Å². The molecule has 0 saturated carbocycles. The summed E-state index contributed by atoms with van der Waals surface area (Å²) in [5.41, 5.74) is 2.38. The van der Waals surface area contributed by atoms with Crippen molar-refractivity contribution in [2.24, 2.45) is 0 Å². The molecule has 5 nitrogen and oxygen atoms in total. The Morgan fingerprint density at radius 1 is 1.03 bits per heavy atom. The van der Waals surface area contributed by atoms with Crippen LogP contribution >= 0.6 is 0 Å². The fraction of sp³-hybridized carbons (Fsp3) is 0.160. The highest BCUT2D eigenvalue weighted by Gasteiger charge is 2.16. The molecule has 0 saturated heterocycles. The van der Waals surface area contributed by atoms with Gasteiger partial charge < -0.3 is 4.90 Å². The number of carbonyl (C=O) groups is 1. The first kappa shape index (κ1) is 20.5. The van der Waals surface area contributed by atoms with Crippen LogP contribution in [0.2, 0.25) is 0 Å². The van der Waals surface area contributed by atoms with Crippen LogP contribution < -0.4 is 5.56 Å². The Morgan fingerprint density at radius 3 is 2.48 bits per heavy atom. The Balaban J connectivity index is 1.63. The van der Waals surface area contributed by atoms with E-state index >= 15 is 0 Å². The lowest BCUT2D eigenvalue weighted by Gasteiger charge is -2.21. The quantitative estimate of drug-likeness (QED) is 0.482. The first-order chi connectivity index (χ1) is 15.0. The molecule has 4 aromatic rings. The molecule has 0 radical (unpaired) electrons. The summed E-state index contributed by atoms with van der Waals surface area (Å²) in [7, 11) is 0. The second-order valence-electron chi connectivity index (χ2n) is 7.31. The minimum atomic E-state index is -0.324. The van der Waals surface area contributed by atoms with Crippen LogP contribution in [0.4, 0.5) is 4.39 Å². The minimum absolute atomic E-state index is 0.150. The zero-order valence-corrected chi connectivity index (χ0v) is 17.4. The van der Waals surface area contributed by atoms with Crippen LogP contribution in [0, 0.1) is 12.7 Å². The van der Waals surface area contributed by atoms with Crippen molar-refractivity contribution in [3.05, 3.63) is 106 Å². The van der Waals surface area contributed by atoms with E-state index in [1.807, 2.05) is 25.1 Å². The lowest BCUT2D eigenvalue weighted by Crippen LogP contribution is -2.30. The molecule has 0 aliphatic carbocycles. The van der Waals surface area contributed by atoms with Gasteiger partial charge in [0.25, 0.3) is 11.5 Å².